The fraction of sp³-hybridized carbons (Fsp3) is 0.444. The van der Waals surface area contributed by atoms with Crippen molar-refractivity contribution in [2.75, 3.05) is 11.4 Å². The van der Waals surface area contributed by atoms with Crippen LogP contribution >= 0.6 is 0 Å². The molecule has 0 radical (unpaired) electrons. The maximum atomic E-state index is 12.4. The molecule has 0 bridgehead atoms. The fourth-order valence-corrected chi connectivity index (χ4v) is 1.87. The van der Waals surface area contributed by atoms with Crippen LogP contribution in [-0.2, 0) is 11.2 Å². The number of aromatic amines is 1. The third-order valence-corrected chi connectivity index (χ3v) is 2.58. The molecule has 0 saturated heterocycles. The summed E-state index contributed by atoms with van der Waals surface area (Å²) in [5.41, 5.74) is -0.616. The van der Waals surface area contributed by atoms with Crippen molar-refractivity contribution < 1.29 is 27.9 Å². The van der Waals surface area contributed by atoms with Crippen LogP contribution in [0.2, 0.25) is 0 Å². The van der Waals surface area contributed by atoms with Gasteiger partial charge in [-0.15, -0.1) is 0 Å². The van der Waals surface area contributed by atoms with E-state index >= 15 is 0 Å². The Balaban J connectivity index is 2.47. The van der Waals surface area contributed by atoms with Crippen LogP contribution in [0.3, 0.4) is 0 Å². The van der Waals surface area contributed by atoms with Gasteiger partial charge in [0.1, 0.15) is 5.69 Å². The lowest BCUT2D eigenvalue weighted by molar-refractivity contribution is -0.170. The average Bonchev–Trinajstić information content (AvgIpc) is 2.70. The van der Waals surface area contributed by atoms with E-state index in [9.17, 15) is 22.8 Å². The van der Waals surface area contributed by atoms with Crippen molar-refractivity contribution in [3.05, 3.63) is 11.4 Å². The molecule has 2 N–H and O–H groups in total. The highest BCUT2D eigenvalue weighted by Crippen LogP contribution is 2.32. The zero-order chi connectivity index (χ0) is 13.5. The number of alkyl halides is 3. The number of aromatic nitrogens is 2. The number of amides is 1. The quantitative estimate of drug-likeness (QED) is 0.789. The smallest absolute Gasteiger partial charge is 0.471 e. The van der Waals surface area contributed by atoms with Crippen LogP contribution in [0.1, 0.15) is 22.6 Å². The highest BCUT2D eigenvalue weighted by molar-refractivity contribution is 6.03. The molecule has 1 amide bonds. The largest absolute Gasteiger partial charge is 0.476 e. The van der Waals surface area contributed by atoms with Gasteiger partial charge < -0.3 is 10.0 Å². The van der Waals surface area contributed by atoms with Crippen molar-refractivity contribution in [3.8, 4) is 0 Å². The number of carbonyl (C=O) groups is 2. The molecule has 2 heterocycles. The number of H-pyrrole nitrogens is 1. The van der Waals surface area contributed by atoms with E-state index in [4.69, 9.17) is 5.11 Å². The SMILES string of the molecule is O=C(O)c1n[nH]c2c1N(C(=O)C(F)(F)F)CCC2. The third-order valence-electron chi connectivity index (χ3n) is 2.58. The van der Waals surface area contributed by atoms with Gasteiger partial charge in [-0.2, -0.15) is 18.3 Å². The van der Waals surface area contributed by atoms with Crippen molar-refractivity contribution in [1.82, 2.24) is 10.2 Å². The normalized spacial score (nSPS) is 15.4. The molecule has 1 aliphatic heterocycles. The number of halogens is 3. The molecule has 98 valence electrons. The fourth-order valence-electron chi connectivity index (χ4n) is 1.87. The van der Waals surface area contributed by atoms with Gasteiger partial charge in [0.05, 0.1) is 5.69 Å². The number of hydrogen-bond donors (Lipinski definition) is 2. The first-order valence-electron chi connectivity index (χ1n) is 5.01. The van der Waals surface area contributed by atoms with Crippen LogP contribution in [0.25, 0.3) is 0 Å². The zero-order valence-corrected chi connectivity index (χ0v) is 8.91. The molecule has 0 unspecified atom stereocenters. The molecule has 9 heteroatoms. The van der Waals surface area contributed by atoms with Gasteiger partial charge in [-0.1, -0.05) is 0 Å². The summed E-state index contributed by atoms with van der Waals surface area (Å²) >= 11 is 0. The Morgan fingerprint density at radius 1 is 1.39 bits per heavy atom. The summed E-state index contributed by atoms with van der Waals surface area (Å²) < 4.78 is 37.2. The third kappa shape index (κ3) is 1.91. The predicted molar refractivity (Wildman–Crippen MR) is 52.3 cm³/mol. The van der Waals surface area contributed by atoms with E-state index in [1.807, 2.05) is 0 Å². The number of rotatable bonds is 1. The zero-order valence-electron chi connectivity index (χ0n) is 8.91. The first kappa shape index (κ1) is 12.4. The van der Waals surface area contributed by atoms with Crippen molar-refractivity contribution in [3.63, 3.8) is 0 Å². The molecule has 0 atom stereocenters. The summed E-state index contributed by atoms with van der Waals surface area (Å²) in [6.07, 6.45) is -4.37. The molecule has 1 aromatic rings. The van der Waals surface area contributed by atoms with Crippen LogP contribution in [0.15, 0.2) is 0 Å². The number of anilines is 1. The lowest BCUT2D eigenvalue weighted by atomic mass is 10.1. The van der Waals surface area contributed by atoms with Crippen molar-refractivity contribution in [2.24, 2.45) is 0 Å². The molecule has 2 rings (SSSR count). The number of carboxylic acid groups (broad SMARTS) is 1. The summed E-state index contributed by atoms with van der Waals surface area (Å²) in [4.78, 5) is 22.5. The molecule has 0 aliphatic carbocycles. The minimum atomic E-state index is -5.04. The topological polar surface area (TPSA) is 86.3 Å². The van der Waals surface area contributed by atoms with Crippen LogP contribution in [0.5, 0.6) is 0 Å². The molecule has 0 saturated carbocycles. The maximum absolute atomic E-state index is 12.4. The number of carboxylic acids is 1. The van der Waals surface area contributed by atoms with E-state index in [2.05, 4.69) is 10.2 Å². The number of aryl methyl sites for hydroxylation is 1. The second-order valence-electron chi connectivity index (χ2n) is 3.76. The first-order valence-corrected chi connectivity index (χ1v) is 5.01. The maximum Gasteiger partial charge on any atom is 0.471 e. The second kappa shape index (κ2) is 4.00. The summed E-state index contributed by atoms with van der Waals surface area (Å²) in [5, 5.41) is 14.6. The Hall–Kier alpha value is -2.06. The van der Waals surface area contributed by atoms with E-state index in [0.717, 1.165) is 0 Å². The average molecular weight is 263 g/mol. The number of nitrogens with one attached hydrogen (secondary N) is 1. The summed E-state index contributed by atoms with van der Waals surface area (Å²) in [5.74, 6) is -3.55. The van der Waals surface area contributed by atoms with E-state index in [1.165, 1.54) is 0 Å². The molecule has 0 aromatic carbocycles. The Bertz CT molecular complexity index is 509. The van der Waals surface area contributed by atoms with Gasteiger partial charge in [0.25, 0.3) is 0 Å². The lowest BCUT2D eigenvalue weighted by Crippen LogP contribution is -2.44. The predicted octanol–water partition coefficient (Wildman–Crippen LogP) is 0.949. The minimum absolute atomic E-state index is 0.175. The number of carbonyl (C=O) groups excluding carboxylic acids is 1. The lowest BCUT2D eigenvalue weighted by Gasteiger charge is -2.27. The standard InChI is InChI=1S/C9H8F3N3O3/c10-9(11,12)8(18)15-3-1-2-4-6(15)5(7(16)17)14-13-4/h1-3H2,(H,13,14)(H,16,17). The Kier molecular flexibility index (Phi) is 2.76. The van der Waals surface area contributed by atoms with Crippen molar-refractivity contribution >= 4 is 17.6 Å². The number of hydrogen-bond acceptors (Lipinski definition) is 3. The van der Waals surface area contributed by atoms with Gasteiger partial charge in [0, 0.05) is 6.54 Å². The van der Waals surface area contributed by atoms with Gasteiger partial charge in [0.2, 0.25) is 0 Å². The van der Waals surface area contributed by atoms with Gasteiger partial charge in [-0.05, 0) is 12.8 Å². The number of fused-ring (bicyclic) bond motifs is 1. The monoisotopic (exact) mass is 263 g/mol. The molecule has 0 fully saturated rings. The molecule has 18 heavy (non-hydrogen) atoms. The van der Waals surface area contributed by atoms with Gasteiger partial charge in [-0.25, -0.2) is 4.79 Å². The highest BCUT2D eigenvalue weighted by Gasteiger charge is 2.45. The molecule has 1 aromatic heterocycles. The van der Waals surface area contributed by atoms with E-state index < -0.39 is 23.7 Å². The van der Waals surface area contributed by atoms with E-state index in [-0.39, 0.29) is 17.9 Å². The van der Waals surface area contributed by atoms with E-state index in [1.54, 1.807) is 0 Å². The van der Waals surface area contributed by atoms with Crippen LogP contribution in [0, 0.1) is 0 Å². The second-order valence-corrected chi connectivity index (χ2v) is 3.76. The van der Waals surface area contributed by atoms with Gasteiger partial charge >= 0.3 is 18.1 Å². The molecular weight excluding hydrogens is 255 g/mol. The molecule has 0 spiro atoms. The summed E-state index contributed by atoms with van der Waals surface area (Å²) in [7, 11) is 0. The van der Waals surface area contributed by atoms with Gasteiger partial charge in [0.15, 0.2) is 5.69 Å². The van der Waals surface area contributed by atoms with Crippen molar-refractivity contribution in [1.29, 1.82) is 0 Å². The summed E-state index contributed by atoms with van der Waals surface area (Å²) in [6.45, 7) is -0.175. The minimum Gasteiger partial charge on any atom is -0.476 e. The van der Waals surface area contributed by atoms with Crippen molar-refractivity contribution in [2.45, 2.75) is 19.0 Å². The van der Waals surface area contributed by atoms with Crippen LogP contribution in [0.4, 0.5) is 18.9 Å². The van der Waals surface area contributed by atoms with Crippen LogP contribution in [-0.4, -0.2) is 39.9 Å². The number of nitrogens with zero attached hydrogens (tertiary/aromatic N) is 2. The van der Waals surface area contributed by atoms with Gasteiger partial charge in [-0.3, -0.25) is 9.89 Å². The first-order chi connectivity index (χ1) is 8.32. The Morgan fingerprint density at radius 2 is 2.06 bits per heavy atom. The van der Waals surface area contributed by atoms with E-state index in [0.29, 0.717) is 17.7 Å². The molecular formula is C9H8F3N3O3. The Morgan fingerprint density at radius 3 is 2.61 bits per heavy atom. The van der Waals surface area contributed by atoms with Crippen LogP contribution < -0.4 is 4.90 Å². The summed E-state index contributed by atoms with van der Waals surface area (Å²) in [6, 6.07) is 0. The molecule has 1 aliphatic rings. The number of aromatic carboxylic acids is 1. The highest BCUT2D eigenvalue weighted by atomic mass is 19.4. The Labute approximate surface area is 98.4 Å². The molecule has 6 nitrogen and oxygen atoms in total.